The quantitative estimate of drug-likeness (QED) is 0.801. The molecule has 1 unspecified atom stereocenters. The Morgan fingerprint density at radius 2 is 1.89 bits per heavy atom. The van der Waals surface area contributed by atoms with Crippen LogP contribution >= 0.6 is 27.5 Å². The maximum atomic E-state index is 5.90. The van der Waals surface area contributed by atoms with Crippen LogP contribution < -0.4 is 5.32 Å². The highest BCUT2D eigenvalue weighted by Gasteiger charge is 2.23. The lowest BCUT2D eigenvalue weighted by Crippen LogP contribution is -2.06. The highest BCUT2D eigenvalue weighted by Crippen LogP contribution is 2.37. The van der Waals surface area contributed by atoms with Crippen LogP contribution in [0.15, 0.2) is 46.9 Å². The number of hydrogen-bond acceptors (Lipinski definition) is 1. The van der Waals surface area contributed by atoms with E-state index in [4.69, 9.17) is 11.6 Å². The summed E-state index contributed by atoms with van der Waals surface area (Å²) in [5.41, 5.74) is 3.96. The van der Waals surface area contributed by atoms with E-state index in [0.717, 1.165) is 23.6 Å². The molecule has 2 aromatic carbocycles. The van der Waals surface area contributed by atoms with Crippen molar-refractivity contribution in [3.63, 3.8) is 0 Å². The van der Waals surface area contributed by atoms with E-state index in [1.807, 2.05) is 24.3 Å². The van der Waals surface area contributed by atoms with Gasteiger partial charge >= 0.3 is 0 Å². The molecule has 0 spiro atoms. The van der Waals surface area contributed by atoms with E-state index in [9.17, 15) is 0 Å². The molecule has 1 N–H and O–H groups in total. The van der Waals surface area contributed by atoms with E-state index in [-0.39, 0.29) is 0 Å². The van der Waals surface area contributed by atoms with Crippen LogP contribution in [0, 0.1) is 0 Å². The predicted octanol–water partition coefficient (Wildman–Crippen LogP) is 5.20. The van der Waals surface area contributed by atoms with Crippen molar-refractivity contribution in [3.8, 4) is 0 Å². The fourth-order valence-corrected chi connectivity index (χ4v) is 3.21. The van der Waals surface area contributed by atoms with Gasteiger partial charge < -0.3 is 5.32 Å². The molecular weight excluding hydrogens is 310 g/mol. The van der Waals surface area contributed by atoms with Gasteiger partial charge in [-0.1, -0.05) is 39.7 Å². The van der Waals surface area contributed by atoms with Gasteiger partial charge in [0.15, 0.2) is 0 Å². The van der Waals surface area contributed by atoms with Gasteiger partial charge in [-0.15, -0.1) is 0 Å². The SMILES string of the molecule is Clc1ccc(NC2CCc3c(Br)cccc32)cc1. The Balaban J connectivity index is 1.85. The molecule has 0 heterocycles. The van der Waals surface area contributed by atoms with E-state index in [0.29, 0.717) is 6.04 Å². The molecule has 0 bridgehead atoms. The zero-order chi connectivity index (χ0) is 12.5. The van der Waals surface area contributed by atoms with Crippen molar-refractivity contribution < 1.29 is 0 Å². The van der Waals surface area contributed by atoms with Crippen LogP contribution in [0.4, 0.5) is 5.69 Å². The first-order valence-corrected chi connectivity index (χ1v) is 7.20. The van der Waals surface area contributed by atoms with Crippen LogP contribution in [0.3, 0.4) is 0 Å². The number of nitrogens with one attached hydrogen (secondary N) is 1. The normalized spacial score (nSPS) is 17.6. The minimum atomic E-state index is 0.402. The Labute approximate surface area is 120 Å². The molecule has 0 saturated heterocycles. The zero-order valence-corrected chi connectivity index (χ0v) is 12.1. The van der Waals surface area contributed by atoms with E-state index >= 15 is 0 Å². The molecule has 1 aliphatic rings. The summed E-state index contributed by atoms with van der Waals surface area (Å²) in [4.78, 5) is 0. The van der Waals surface area contributed by atoms with Gasteiger partial charge in [0.05, 0.1) is 6.04 Å². The van der Waals surface area contributed by atoms with Crippen molar-refractivity contribution in [1.29, 1.82) is 0 Å². The Hall–Kier alpha value is -0.990. The van der Waals surface area contributed by atoms with Gasteiger partial charge in [-0.05, 0) is 54.3 Å². The Kier molecular flexibility index (Phi) is 3.31. The van der Waals surface area contributed by atoms with E-state index in [1.54, 1.807) is 0 Å². The molecule has 2 aromatic rings. The summed E-state index contributed by atoms with van der Waals surface area (Å²) < 4.78 is 1.22. The largest absolute Gasteiger partial charge is 0.378 e. The summed E-state index contributed by atoms with van der Waals surface area (Å²) in [6.07, 6.45) is 2.27. The van der Waals surface area contributed by atoms with Crippen LogP contribution in [-0.2, 0) is 6.42 Å². The molecule has 0 amide bonds. The fraction of sp³-hybridized carbons (Fsp3) is 0.200. The highest BCUT2D eigenvalue weighted by atomic mass is 79.9. The van der Waals surface area contributed by atoms with E-state index < -0.39 is 0 Å². The van der Waals surface area contributed by atoms with E-state index in [2.05, 4.69) is 39.4 Å². The molecule has 18 heavy (non-hydrogen) atoms. The van der Waals surface area contributed by atoms with Crippen molar-refractivity contribution in [1.82, 2.24) is 0 Å². The second-order valence-corrected chi connectivity index (χ2v) is 5.84. The average Bonchev–Trinajstić information content (AvgIpc) is 2.77. The molecule has 1 aliphatic carbocycles. The summed E-state index contributed by atoms with van der Waals surface area (Å²) in [7, 11) is 0. The minimum absolute atomic E-state index is 0.402. The van der Waals surface area contributed by atoms with Crippen LogP contribution in [-0.4, -0.2) is 0 Å². The molecule has 0 aromatic heterocycles. The molecule has 0 saturated carbocycles. The third-order valence-corrected chi connectivity index (χ3v) is 4.39. The molecule has 0 fully saturated rings. The fourth-order valence-electron chi connectivity index (χ4n) is 2.51. The first-order valence-electron chi connectivity index (χ1n) is 6.03. The zero-order valence-electron chi connectivity index (χ0n) is 9.79. The summed E-state index contributed by atoms with van der Waals surface area (Å²) in [6, 6.07) is 14.7. The van der Waals surface area contributed by atoms with Crippen molar-refractivity contribution in [2.45, 2.75) is 18.9 Å². The number of fused-ring (bicyclic) bond motifs is 1. The maximum absolute atomic E-state index is 5.90. The van der Waals surface area contributed by atoms with Crippen molar-refractivity contribution in [2.75, 3.05) is 5.32 Å². The third kappa shape index (κ3) is 2.27. The van der Waals surface area contributed by atoms with Crippen LogP contribution in [0.2, 0.25) is 5.02 Å². The van der Waals surface area contributed by atoms with Gasteiger partial charge in [-0.2, -0.15) is 0 Å². The molecule has 0 aliphatic heterocycles. The molecule has 1 nitrogen and oxygen atoms in total. The molecule has 1 atom stereocenters. The van der Waals surface area contributed by atoms with Gasteiger partial charge in [0.1, 0.15) is 0 Å². The monoisotopic (exact) mass is 321 g/mol. The summed E-state index contributed by atoms with van der Waals surface area (Å²) in [5, 5.41) is 4.35. The molecular formula is C15H13BrClN. The summed E-state index contributed by atoms with van der Waals surface area (Å²) in [6.45, 7) is 0. The first-order chi connectivity index (χ1) is 8.74. The minimum Gasteiger partial charge on any atom is -0.378 e. The van der Waals surface area contributed by atoms with Gasteiger partial charge in [0.2, 0.25) is 0 Å². The number of benzene rings is 2. The number of anilines is 1. The van der Waals surface area contributed by atoms with Crippen LogP contribution in [0.25, 0.3) is 0 Å². The molecule has 92 valence electrons. The second-order valence-electron chi connectivity index (χ2n) is 4.55. The van der Waals surface area contributed by atoms with Crippen LogP contribution in [0.5, 0.6) is 0 Å². The molecule has 0 radical (unpaired) electrons. The average molecular weight is 323 g/mol. The van der Waals surface area contributed by atoms with Crippen molar-refractivity contribution in [2.24, 2.45) is 0 Å². The Morgan fingerprint density at radius 3 is 2.67 bits per heavy atom. The first kappa shape index (κ1) is 12.1. The number of hydrogen-bond donors (Lipinski definition) is 1. The summed E-state index contributed by atoms with van der Waals surface area (Å²) in [5.74, 6) is 0. The Bertz CT molecular complexity index is 565. The molecule has 3 rings (SSSR count). The van der Waals surface area contributed by atoms with Crippen molar-refractivity contribution in [3.05, 3.63) is 63.1 Å². The second kappa shape index (κ2) is 4.94. The number of rotatable bonds is 2. The van der Waals surface area contributed by atoms with Gasteiger partial charge in [0, 0.05) is 15.2 Å². The van der Waals surface area contributed by atoms with Gasteiger partial charge in [-0.25, -0.2) is 0 Å². The third-order valence-electron chi connectivity index (χ3n) is 3.40. The lowest BCUT2D eigenvalue weighted by Gasteiger charge is -2.15. The number of halogens is 2. The highest BCUT2D eigenvalue weighted by molar-refractivity contribution is 9.10. The lowest BCUT2D eigenvalue weighted by atomic mass is 10.1. The van der Waals surface area contributed by atoms with Crippen molar-refractivity contribution >= 4 is 33.2 Å². The topological polar surface area (TPSA) is 12.0 Å². The lowest BCUT2D eigenvalue weighted by molar-refractivity contribution is 0.762. The predicted molar refractivity (Wildman–Crippen MR) is 80.3 cm³/mol. The standard InChI is InChI=1S/C15H13BrClN/c16-14-3-1-2-13-12(14)8-9-15(13)18-11-6-4-10(17)5-7-11/h1-7,15,18H,8-9H2. The van der Waals surface area contributed by atoms with E-state index in [1.165, 1.54) is 15.6 Å². The van der Waals surface area contributed by atoms with Gasteiger partial charge in [0.25, 0.3) is 0 Å². The maximum Gasteiger partial charge on any atom is 0.0520 e. The molecule has 3 heteroatoms. The van der Waals surface area contributed by atoms with Crippen LogP contribution in [0.1, 0.15) is 23.6 Å². The Morgan fingerprint density at radius 1 is 1.11 bits per heavy atom. The smallest absolute Gasteiger partial charge is 0.0520 e. The summed E-state index contributed by atoms with van der Waals surface area (Å²) >= 11 is 9.52. The van der Waals surface area contributed by atoms with Gasteiger partial charge in [-0.3, -0.25) is 0 Å².